The molecule has 0 saturated carbocycles. The van der Waals surface area contributed by atoms with Gasteiger partial charge in [-0.25, -0.2) is 4.98 Å². The molecule has 2 fully saturated rings. The van der Waals surface area contributed by atoms with Gasteiger partial charge < -0.3 is 9.64 Å². The Kier molecular flexibility index (Phi) is 3.40. The summed E-state index contributed by atoms with van der Waals surface area (Å²) in [5.41, 5.74) is 8.70. The molecule has 1 unspecified atom stereocenters. The molecule has 0 radical (unpaired) electrons. The Hall–Kier alpha value is -1.10. The van der Waals surface area contributed by atoms with Crippen molar-refractivity contribution in [3.63, 3.8) is 0 Å². The molecular weight excluding hydrogens is 405 g/mol. The first-order valence-corrected chi connectivity index (χ1v) is 8.56. The summed E-state index contributed by atoms with van der Waals surface area (Å²) in [6.45, 7) is 2.29. The molecule has 2 aliphatic rings. The second-order valence-electron chi connectivity index (χ2n) is 5.20. The summed E-state index contributed by atoms with van der Waals surface area (Å²) in [5.74, 6) is 0.255. The molecule has 0 amide bonds. The summed E-state index contributed by atoms with van der Waals surface area (Å²) in [6.07, 6.45) is 2.75. The largest absolute Gasteiger partial charge is 0.376 e. The minimum absolute atomic E-state index is 0.0305. The van der Waals surface area contributed by atoms with Gasteiger partial charge in [-0.1, -0.05) is 16.5 Å². The van der Waals surface area contributed by atoms with Crippen LogP contribution in [0.3, 0.4) is 0 Å². The third-order valence-electron chi connectivity index (χ3n) is 4.05. The van der Waals surface area contributed by atoms with E-state index in [4.69, 9.17) is 10.3 Å². The molecule has 4 rings (SSSR count). The standard InChI is InChI=1S/C11H12IN7OS/c12-9-3-14-10-19(9)16-11(21-10)18-4-6-7(15-17-13)1-2-20-8(6)5-18/h3,6-8H,1-2,4-5H2/t6-,7?,8+/m1/s1. The molecule has 3 atom stereocenters. The van der Waals surface area contributed by atoms with Crippen molar-refractivity contribution in [3.8, 4) is 0 Å². The van der Waals surface area contributed by atoms with Crippen LogP contribution in [0, 0.1) is 9.62 Å². The molecule has 2 aliphatic heterocycles. The van der Waals surface area contributed by atoms with E-state index in [1.807, 2.05) is 10.7 Å². The monoisotopic (exact) mass is 417 g/mol. The SMILES string of the molecule is [N-]=[N+]=NC1CCO[C@H]2CN(c3nn4c(I)cnc4s3)C[C@H]12. The van der Waals surface area contributed by atoms with Crippen LogP contribution in [-0.4, -0.2) is 46.4 Å². The van der Waals surface area contributed by atoms with Gasteiger partial charge >= 0.3 is 0 Å². The zero-order valence-corrected chi connectivity index (χ0v) is 13.9. The summed E-state index contributed by atoms with van der Waals surface area (Å²) in [4.78, 5) is 10.4. The van der Waals surface area contributed by atoms with Crippen molar-refractivity contribution in [1.82, 2.24) is 14.6 Å². The number of anilines is 1. The maximum atomic E-state index is 8.70. The maximum absolute atomic E-state index is 8.70. The minimum atomic E-state index is 0.0305. The van der Waals surface area contributed by atoms with Crippen LogP contribution in [0.4, 0.5) is 5.13 Å². The van der Waals surface area contributed by atoms with E-state index in [0.29, 0.717) is 6.61 Å². The van der Waals surface area contributed by atoms with E-state index < -0.39 is 0 Å². The smallest absolute Gasteiger partial charge is 0.214 e. The van der Waals surface area contributed by atoms with E-state index in [9.17, 15) is 0 Å². The van der Waals surface area contributed by atoms with Gasteiger partial charge in [0.15, 0.2) is 0 Å². The van der Waals surface area contributed by atoms with Gasteiger partial charge in [0.25, 0.3) is 0 Å². The second kappa shape index (κ2) is 5.27. The van der Waals surface area contributed by atoms with Crippen LogP contribution >= 0.6 is 33.9 Å². The lowest BCUT2D eigenvalue weighted by Gasteiger charge is -2.29. The molecule has 21 heavy (non-hydrogen) atoms. The number of halogens is 1. The van der Waals surface area contributed by atoms with Gasteiger partial charge in [-0.15, -0.1) is 5.10 Å². The van der Waals surface area contributed by atoms with Crippen molar-refractivity contribution < 1.29 is 4.74 Å². The number of nitrogens with zero attached hydrogens (tertiary/aromatic N) is 7. The van der Waals surface area contributed by atoms with Gasteiger partial charge in [-0.2, -0.15) is 4.52 Å². The summed E-state index contributed by atoms with van der Waals surface area (Å²) in [5, 5.41) is 9.51. The second-order valence-corrected chi connectivity index (χ2v) is 7.24. The Morgan fingerprint density at radius 2 is 2.43 bits per heavy atom. The number of fused-ring (bicyclic) bond motifs is 2. The first-order valence-electron chi connectivity index (χ1n) is 6.67. The molecule has 0 aromatic carbocycles. The Bertz CT molecular complexity index is 723. The van der Waals surface area contributed by atoms with Gasteiger partial charge in [0, 0.05) is 36.6 Å². The Morgan fingerprint density at radius 1 is 1.52 bits per heavy atom. The third kappa shape index (κ3) is 2.26. The van der Waals surface area contributed by atoms with Crippen LogP contribution in [0.1, 0.15) is 6.42 Å². The molecule has 110 valence electrons. The normalized spacial score (nSPS) is 28.6. The first-order chi connectivity index (χ1) is 10.3. The molecule has 2 aromatic heterocycles. The highest BCUT2D eigenvalue weighted by Crippen LogP contribution is 2.35. The van der Waals surface area contributed by atoms with E-state index in [1.54, 1.807) is 11.3 Å². The topological polar surface area (TPSA) is 91.4 Å². The highest BCUT2D eigenvalue weighted by molar-refractivity contribution is 14.1. The number of hydrogen-bond acceptors (Lipinski definition) is 6. The van der Waals surface area contributed by atoms with Crippen molar-refractivity contribution in [3.05, 3.63) is 20.3 Å². The summed E-state index contributed by atoms with van der Waals surface area (Å²) < 4.78 is 8.70. The van der Waals surface area contributed by atoms with Crippen molar-refractivity contribution >= 4 is 44.0 Å². The molecule has 2 saturated heterocycles. The van der Waals surface area contributed by atoms with Crippen molar-refractivity contribution in [2.75, 3.05) is 24.6 Å². The van der Waals surface area contributed by atoms with Gasteiger partial charge in [0.2, 0.25) is 10.1 Å². The van der Waals surface area contributed by atoms with Crippen molar-refractivity contribution in [2.45, 2.75) is 18.6 Å². The fourth-order valence-corrected chi connectivity index (χ4v) is 4.58. The number of rotatable bonds is 2. The Labute approximate surface area is 137 Å². The highest BCUT2D eigenvalue weighted by atomic mass is 127. The lowest BCUT2D eigenvalue weighted by molar-refractivity contribution is -0.00894. The minimum Gasteiger partial charge on any atom is -0.376 e. The lowest BCUT2D eigenvalue weighted by atomic mass is 9.92. The van der Waals surface area contributed by atoms with Crippen molar-refractivity contribution in [1.29, 1.82) is 0 Å². The molecule has 0 spiro atoms. The average molecular weight is 417 g/mol. The molecule has 0 N–H and O–H groups in total. The predicted molar refractivity (Wildman–Crippen MR) is 86.6 cm³/mol. The molecule has 8 nitrogen and oxygen atoms in total. The van der Waals surface area contributed by atoms with Crippen LogP contribution < -0.4 is 4.90 Å². The van der Waals surface area contributed by atoms with Gasteiger partial charge in [0.05, 0.1) is 12.3 Å². The van der Waals surface area contributed by atoms with Crippen LogP contribution in [0.25, 0.3) is 15.4 Å². The van der Waals surface area contributed by atoms with Crippen LogP contribution in [0.5, 0.6) is 0 Å². The van der Waals surface area contributed by atoms with Gasteiger partial charge in [-0.3, -0.25) is 0 Å². The fraction of sp³-hybridized carbons (Fsp3) is 0.636. The number of azide groups is 1. The number of ether oxygens (including phenoxy) is 1. The molecule has 4 heterocycles. The number of aromatic nitrogens is 3. The molecular formula is C11H12IN7OS. The zero-order valence-electron chi connectivity index (χ0n) is 11.0. The van der Waals surface area contributed by atoms with Crippen LogP contribution in [0.2, 0.25) is 0 Å². The number of imidazole rings is 1. The predicted octanol–water partition coefficient (Wildman–Crippen LogP) is 2.30. The van der Waals surface area contributed by atoms with E-state index >= 15 is 0 Å². The van der Waals surface area contributed by atoms with E-state index in [1.165, 1.54) is 0 Å². The summed E-state index contributed by atoms with van der Waals surface area (Å²) >= 11 is 3.80. The number of hydrogen-bond donors (Lipinski definition) is 0. The quantitative estimate of drug-likeness (QED) is 0.325. The average Bonchev–Trinajstić information content (AvgIpc) is 3.15. The van der Waals surface area contributed by atoms with Gasteiger partial charge in [-0.05, 0) is 34.5 Å². The first kappa shape index (κ1) is 13.6. The molecule has 0 bridgehead atoms. The third-order valence-corrected chi connectivity index (χ3v) is 5.77. The lowest BCUT2D eigenvalue weighted by Crippen LogP contribution is -2.37. The molecule has 10 heteroatoms. The van der Waals surface area contributed by atoms with Crippen LogP contribution in [0.15, 0.2) is 11.3 Å². The van der Waals surface area contributed by atoms with Gasteiger partial charge in [0.1, 0.15) is 3.70 Å². The molecule has 0 aliphatic carbocycles. The highest BCUT2D eigenvalue weighted by Gasteiger charge is 2.42. The van der Waals surface area contributed by atoms with E-state index in [-0.39, 0.29) is 18.1 Å². The van der Waals surface area contributed by atoms with E-state index in [0.717, 1.165) is 33.3 Å². The fourth-order valence-electron chi connectivity index (χ4n) is 3.05. The maximum Gasteiger partial charge on any atom is 0.214 e. The zero-order chi connectivity index (χ0) is 14.4. The van der Waals surface area contributed by atoms with Crippen LogP contribution in [-0.2, 0) is 4.74 Å². The Balaban J connectivity index is 1.61. The Morgan fingerprint density at radius 3 is 3.24 bits per heavy atom. The van der Waals surface area contributed by atoms with E-state index in [2.05, 4.69) is 47.6 Å². The summed E-state index contributed by atoms with van der Waals surface area (Å²) in [6, 6.07) is 0.0305. The summed E-state index contributed by atoms with van der Waals surface area (Å²) in [7, 11) is 0. The van der Waals surface area contributed by atoms with Crippen molar-refractivity contribution in [2.24, 2.45) is 11.0 Å². The molecule has 2 aromatic rings.